The lowest BCUT2D eigenvalue weighted by atomic mass is 10.2. The van der Waals surface area contributed by atoms with Gasteiger partial charge in [0.2, 0.25) is 0 Å². The van der Waals surface area contributed by atoms with Crippen molar-refractivity contribution in [2.75, 3.05) is 5.73 Å². The first-order valence-electron chi connectivity index (χ1n) is 5.02. The molecule has 0 amide bonds. The largest absolute Gasteiger partial charge is 0.398 e. The number of nitrogen functional groups attached to an aromatic ring is 1. The molecule has 0 spiro atoms. The van der Waals surface area contributed by atoms with Crippen molar-refractivity contribution in [2.24, 2.45) is 0 Å². The van der Waals surface area contributed by atoms with Crippen molar-refractivity contribution in [3.63, 3.8) is 0 Å². The van der Waals surface area contributed by atoms with Gasteiger partial charge in [0.15, 0.2) is 0 Å². The molecule has 0 aliphatic rings. The van der Waals surface area contributed by atoms with Gasteiger partial charge in [-0.1, -0.05) is 11.8 Å². The minimum absolute atomic E-state index is 0.159. The third-order valence-electron chi connectivity index (χ3n) is 2.25. The molecule has 0 atom stereocenters. The zero-order chi connectivity index (χ0) is 13.1. The zero-order valence-corrected chi connectivity index (χ0v) is 9.97. The van der Waals surface area contributed by atoms with E-state index in [9.17, 15) is 8.78 Å². The van der Waals surface area contributed by atoms with Crippen molar-refractivity contribution in [3.05, 3.63) is 53.6 Å². The smallest absolute Gasteiger partial charge is 0.137 e. The Morgan fingerprint density at radius 2 is 1.83 bits per heavy atom. The summed E-state index contributed by atoms with van der Waals surface area (Å²) < 4.78 is 26.5. The number of halogens is 2. The maximum atomic E-state index is 13.5. The second kappa shape index (κ2) is 5.07. The highest BCUT2D eigenvalue weighted by molar-refractivity contribution is 7.99. The second-order valence-corrected chi connectivity index (χ2v) is 4.62. The summed E-state index contributed by atoms with van der Waals surface area (Å²) in [5.41, 5.74) is 6.54. The summed E-state index contributed by atoms with van der Waals surface area (Å²) in [5.74, 6) is -1.02. The van der Waals surface area contributed by atoms with Crippen molar-refractivity contribution < 1.29 is 8.78 Å². The highest BCUT2D eigenvalue weighted by Gasteiger charge is 2.08. The summed E-state index contributed by atoms with van der Waals surface area (Å²) >= 11 is 1.02. The van der Waals surface area contributed by atoms with Crippen LogP contribution in [0.5, 0.6) is 0 Å². The standard InChI is InChI=1S/C13H8F2N2S/c14-9-2-3-10(15)13(6-9)18-12-4-1-8(7-16)5-11(12)17/h1-6H,17H2. The highest BCUT2D eigenvalue weighted by atomic mass is 32.2. The molecule has 2 nitrogen and oxygen atoms in total. The lowest BCUT2D eigenvalue weighted by Gasteiger charge is -2.06. The first-order chi connectivity index (χ1) is 8.60. The lowest BCUT2D eigenvalue weighted by Crippen LogP contribution is -1.91. The minimum Gasteiger partial charge on any atom is -0.398 e. The number of hydrogen-bond donors (Lipinski definition) is 1. The van der Waals surface area contributed by atoms with Gasteiger partial charge < -0.3 is 5.73 Å². The van der Waals surface area contributed by atoms with Crippen molar-refractivity contribution in [1.82, 2.24) is 0 Å². The highest BCUT2D eigenvalue weighted by Crippen LogP contribution is 2.34. The van der Waals surface area contributed by atoms with Crippen molar-refractivity contribution >= 4 is 17.4 Å². The third kappa shape index (κ3) is 2.60. The average Bonchev–Trinajstić information content (AvgIpc) is 2.36. The van der Waals surface area contributed by atoms with Crippen molar-refractivity contribution in [3.8, 4) is 6.07 Å². The molecule has 2 aromatic rings. The van der Waals surface area contributed by atoms with Crippen molar-refractivity contribution in [1.29, 1.82) is 5.26 Å². The maximum Gasteiger partial charge on any atom is 0.137 e. The molecule has 0 fully saturated rings. The Balaban J connectivity index is 2.34. The van der Waals surface area contributed by atoms with Gasteiger partial charge in [-0.05, 0) is 36.4 Å². The van der Waals surface area contributed by atoms with Gasteiger partial charge in [0.25, 0.3) is 0 Å². The summed E-state index contributed by atoms with van der Waals surface area (Å²) in [7, 11) is 0. The summed E-state index contributed by atoms with van der Waals surface area (Å²) in [5, 5.41) is 8.70. The molecule has 0 saturated heterocycles. The zero-order valence-electron chi connectivity index (χ0n) is 9.15. The average molecular weight is 262 g/mol. The van der Waals surface area contributed by atoms with Crippen LogP contribution < -0.4 is 5.73 Å². The molecule has 0 unspecified atom stereocenters. The van der Waals surface area contributed by atoms with Crippen LogP contribution in [0.3, 0.4) is 0 Å². The predicted octanol–water partition coefficient (Wildman–Crippen LogP) is 3.57. The molecule has 18 heavy (non-hydrogen) atoms. The summed E-state index contributed by atoms with van der Waals surface area (Å²) in [4.78, 5) is 0.741. The van der Waals surface area contributed by atoms with Gasteiger partial charge in [-0.15, -0.1) is 0 Å². The topological polar surface area (TPSA) is 49.8 Å². The Bertz CT molecular complexity index is 635. The molecule has 2 aromatic carbocycles. The molecular formula is C13H8F2N2S. The van der Waals surface area contributed by atoms with Crippen LogP contribution in [0.1, 0.15) is 5.56 Å². The molecule has 0 heterocycles. The van der Waals surface area contributed by atoms with Crippen LogP contribution in [0.4, 0.5) is 14.5 Å². The van der Waals surface area contributed by atoms with Gasteiger partial charge in [-0.3, -0.25) is 0 Å². The van der Waals surface area contributed by atoms with E-state index in [1.807, 2.05) is 6.07 Å². The number of nitrogens with two attached hydrogens (primary N) is 1. The number of hydrogen-bond acceptors (Lipinski definition) is 3. The fraction of sp³-hybridized carbons (Fsp3) is 0. The number of nitriles is 1. The quantitative estimate of drug-likeness (QED) is 0.842. The molecule has 0 aromatic heterocycles. The van der Waals surface area contributed by atoms with E-state index in [1.54, 1.807) is 12.1 Å². The number of nitrogens with zero attached hydrogens (tertiary/aromatic N) is 1. The van der Waals surface area contributed by atoms with E-state index in [0.29, 0.717) is 16.1 Å². The molecule has 0 aliphatic carbocycles. The Morgan fingerprint density at radius 1 is 1.06 bits per heavy atom. The Morgan fingerprint density at radius 3 is 2.50 bits per heavy atom. The molecule has 2 N–H and O–H groups in total. The first kappa shape index (κ1) is 12.4. The van der Waals surface area contributed by atoms with Crippen LogP contribution in [0.15, 0.2) is 46.2 Å². The number of benzene rings is 2. The van der Waals surface area contributed by atoms with E-state index in [-0.39, 0.29) is 4.90 Å². The van der Waals surface area contributed by atoms with Gasteiger partial charge >= 0.3 is 0 Å². The van der Waals surface area contributed by atoms with E-state index in [0.717, 1.165) is 30.0 Å². The molecule has 0 bridgehead atoms. The van der Waals surface area contributed by atoms with E-state index in [1.165, 1.54) is 6.07 Å². The van der Waals surface area contributed by atoms with Gasteiger partial charge in [0.05, 0.1) is 16.5 Å². The fourth-order valence-corrected chi connectivity index (χ4v) is 2.27. The van der Waals surface area contributed by atoms with E-state index >= 15 is 0 Å². The van der Waals surface area contributed by atoms with Gasteiger partial charge in [-0.25, -0.2) is 8.78 Å². The van der Waals surface area contributed by atoms with E-state index < -0.39 is 11.6 Å². The van der Waals surface area contributed by atoms with E-state index in [2.05, 4.69) is 0 Å². The second-order valence-electron chi connectivity index (χ2n) is 3.54. The van der Waals surface area contributed by atoms with Crippen LogP contribution >= 0.6 is 11.8 Å². The normalized spacial score (nSPS) is 10.1. The lowest BCUT2D eigenvalue weighted by molar-refractivity contribution is 0.577. The number of rotatable bonds is 2. The Labute approximate surface area is 107 Å². The molecule has 0 radical (unpaired) electrons. The monoisotopic (exact) mass is 262 g/mol. The molecule has 90 valence electrons. The van der Waals surface area contributed by atoms with Crippen LogP contribution in [-0.2, 0) is 0 Å². The van der Waals surface area contributed by atoms with E-state index in [4.69, 9.17) is 11.0 Å². The van der Waals surface area contributed by atoms with Crippen LogP contribution in [0.25, 0.3) is 0 Å². The van der Waals surface area contributed by atoms with Crippen LogP contribution in [-0.4, -0.2) is 0 Å². The third-order valence-corrected chi connectivity index (χ3v) is 3.38. The molecule has 2 rings (SSSR count). The molecule has 0 aliphatic heterocycles. The molecule has 5 heteroatoms. The SMILES string of the molecule is N#Cc1ccc(Sc2cc(F)ccc2F)c(N)c1. The Kier molecular flexibility index (Phi) is 3.49. The molecular weight excluding hydrogens is 254 g/mol. The maximum absolute atomic E-state index is 13.5. The Hall–Kier alpha value is -2.06. The summed E-state index contributed by atoms with van der Waals surface area (Å²) in [6.45, 7) is 0. The summed E-state index contributed by atoms with van der Waals surface area (Å²) in [6, 6.07) is 9.88. The van der Waals surface area contributed by atoms with Crippen molar-refractivity contribution in [2.45, 2.75) is 9.79 Å². The predicted molar refractivity (Wildman–Crippen MR) is 66.1 cm³/mol. The van der Waals surface area contributed by atoms with Gasteiger partial charge in [0.1, 0.15) is 11.6 Å². The first-order valence-corrected chi connectivity index (χ1v) is 5.84. The van der Waals surface area contributed by atoms with Gasteiger partial charge in [0, 0.05) is 10.6 Å². The number of anilines is 1. The van der Waals surface area contributed by atoms with Gasteiger partial charge in [-0.2, -0.15) is 5.26 Å². The summed E-state index contributed by atoms with van der Waals surface area (Å²) in [6.07, 6.45) is 0. The fourth-order valence-electron chi connectivity index (χ4n) is 1.38. The molecule has 0 saturated carbocycles. The minimum atomic E-state index is -0.509. The van der Waals surface area contributed by atoms with Crippen LogP contribution in [0.2, 0.25) is 0 Å². The van der Waals surface area contributed by atoms with Crippen LogP contribution in [0, 0.1) is 23.0 Å².